The highest BCUT2D eigenvalue weighted by Crippen LogP contribution is 2.41. The molecule has 2 rings (SSSR count). The van der Waals surface area contributed by atoms with Crippen molar-refractivity contribution in [3.8, 4) is 11.5 Å². The smallest absolute Gasteiger partial charge is 0.247 e. The summed E-state index contributed by atoms with van der Waals surface area (Å²) in [5, 5.41) is 6.18. The first-order chi connectivity index (χ1) is 11.9. The average Bonchev–Trinajstić information content (AvgIpc) is 2.93. The Morgan fingerprint density at radius 1 is 1.08 bits per heavy atom. The van der Waals surface area contributed by atoms with Crippen LogP contribution in [0, 0.1) is 0 Å². The first-order valence-electron chi connectivity index (χ1n) is 7.92. The van der Waals surface area contributed by atoms with Gasteiger partial charge in [0.05, 0.1) is 13.2 Å². The van der Waals surface area contributed by atoms with Crippen molar-refractivity contribution in [1.29, 1.82) is 0 Å². The molecule has 1 heterocycles. The van der Waals surface area contributed by atoms with Crippen LogP contribution in [0.15, 0.2) is 16.3 Å². The summed E-state index contributed by atoms with van der Waals surface area (Å²) in [6.07, 6.45) is 1.96. The molecule has 0 amide bonds. The van der Waals surface area contributed by atoms with Gasteiger partial charge >= 0.3 is 0 Å². The third kappa shape index (κ3) is 5.14. The minimum absolute atomic E-state index is 0.189. The number of benzene rings is 1. The van der Waals surface area contributed by atoms with E-state index < -0.39 is 10.0 Å². The van der Waals surface area contributed by atoms with Crippen LogP contribution < -0.4 is 14.6 Å². The van der Waals surface area contributed by atoms with Crippen LogP contribution in [0.25, 0.3) is 10.1 Å². The highest BCUT2D eigenvalue weighted by Gasteiger charge is 2.21. The molecule has 0 saturated heterocycles. The van der Waals surface area contributed by atoms with Gasteiger partial charge in [0.2, 0.25) is 10.0 Å². The van der Waals surface area contributed by atoms with E-state index in [1.165, 1.54) is 0 Å². The second-order valence-electron chi connectivity index (χ2n) is 5.34. The largest absolute Gasteiger partial charge is 0.490 e. The number of hydrogen-bond donors (Lipinski definition) is 1. The lowest BCUT2D eigenvalue weighted by Crippen LogP contribution is -2.12. The van der Waals surface area contributed by atoms with Gasteiger partial charge in [-0.2, -0.15) is 0 Å². The molecule has 2 N–H and O–H groups in total. The van der Waals surface area contributed by atoms with Crippen LogP contribution in [0.4, 0.5) is 0 Å². The van der Waals surface area contributed by atoms with Gasteiger partial charge in [-0.15, -0.1) is 34.5 Å². The molecule has 0 atom stereocenters. The lowest BCUT2D eigenvalue weighted by molar-refractivity contribution is 0.270. The van der Waals surface area contributed by atoms with Gasteiger partial charge < -0.3 is 9.47 Å². The van der Waals surface area contributed by atoms with Gasteiger partial charge in [-0.3, -0.25) is 0 Å². The summed E-state index contributed by atoms with van der Waals surface area (Å²) in [5.41, 5.74) is 0.706. The first-order valence-corrected chi connectivity index (χ1v) is 11.3. The van der Waals surface area contributed by atoms with Crippen LogP contribution in [0.1, 0.15) is 25.3 Å². The Labute approximate surface area is 162 Å². The molecule has 25 heavy (non-hydrogen) atoms. The molecular weight excluding hydrogens is 405 g/mol. The van der Waals surface area contributed by atoms with Crippen molar-refractivity contribution >= 4 is 54.6 Å². The number of ether oxygens (including phenoxy) is 2. The van der Waals surface area contributed by atoms with Gasteiger partial charge in [0.1, 0.15) is 4.21 Å². The fourth-order valence-corrected chi connectivity index (χ4v) is 4.98. The molecule has 0 saturated carbocycles. The van der Waals surface area contributed by atoms with E-state index in [0.29, 0.717) is 61.3 Å². The van der Waals surface area contributed by atoms with Crippen LogP contribution in [-0.2, 0) is 16.4 Å². The summed E-state index contributed by atoms with van der Waals surface area (Å²) in [6, 6.07) is 3.63. The van der Waals surface area contributed by atoms with Crippen molar-refractivity contribution in [2.75, 3.05) is 25.0 Å². The fraction of sp³-hybridized carbons (Fsp3) is 0.500. The van der Waals surface area contributed by atoms with E-state index in [-0.39, 0.29) is 4.21 Å². The number of primary sulfonamides is 1. The van der Waals surface area contributed by atoms with Gasteiger partial charge in [-0.05, 0) is 30.9 Å². The Kier molecular flexibility index (Phi) is 7.64. The number of thiophene rings is 1. The number of hydrogen-bond acceptors (Lipinski definition) is 5. The molecule has 140 valence electrons. The molecule has 1 aromatic carbocycles. The Morgan fingerprint density at radius 2 is 1.64 bits per heavy atom. The van der Waals surface area contributed by atoms with Gasteiger partial charge in [0.15, 0.2) is 11.5 Å². The average molecular weight is 426 g/mol. The Bertz CT molecular complexity index is 821. The zero-order chi connectivity index (χ0) is 18.4. The van der Waals surface area contributed by atoms with Crippen LogP contribution in [0.2, 0.25) is 0 Å². The second kappa shape index (κ2) is 9.28. The van der Waals surface area contributed by atoms with Crippen LogP contribution in [0.3, 0.4) is 0 Å². The molecule has 2 aromatic rings. The van der Waals surface area contributed by atoms with E-state index in [0.717, 1.165) is 21.4 Å². The zero-order valence-corrected chi connectivity index (χ0v) is 17.0. The highest BCUT2D eigenvalue weighted by molar-refractivity contribution is 7.91. The van der Waals surface area contributed by atoms with E-state index in [1.807, 2.05) is 13.0 Å². The normalized spacial score (nSPS) is 11.8. The summed E-state index contributed by atoms with van der Waals surface area (Å²) in [7, 11) is -3.77. The number of halogens is 2. The molecule has 0 radical (unpaired) electrons. The molecule has 0 aliphatic carbocycles. The Morgan fingerprint density at radius 3 is 2.12 bits per heavy atom. The maximum absolute atomic E-state index is 11.9. The van der Waals surface area contributed by atoms with Gasteiger partial charge in [-0.25, -0.2) is 13.6 Å². The van der Waals surface area contributed by atoms with Gasteiger partial charge in [-0.1, -0.05) is 6.92 Å². The highest BCUT2D eigenvalue weighted by atomic mass is 35.5. The minimum atomic E-state index is -3.77. The molecule has 0 spiro atoms. The molecule has 0 fully saturated rings. The fourth-order valence-electron chi connectivity index (χ4n) is 2.40. The minimum Gasteiger partial charge on any atom is -0.490 e. The molecule has 0 aliphatic heterocycles. The zero-order valence-electron chi connectivity index (χ0n) is 13.9. The molecule has 9 heteroatoms. The monoisotopic (exact) mass is 425 g/mol. The SMILES string of the molecule is CCc1c(S(N)(=O)=O)sc2cc(OCCCCl)c(OCCCCl)cc12. The van der Waals surface area contributed by atoms with Crippen molar-refractivity contribution in [2.45, 2.75) is 30.4 Å². The molecule has 1 aromatic heterocycles. The summed E-state index contributed by atoms with van der Waals surface area (Å²) < 4.78 is 36.3. The Balaban J connectivity index is 2.50. The lowest BCUT2D eigenvalue weighted by Gasteiger charge is -2.13. The predicted octanol–water partition coefficient (Wildman–Crippen LogP) is 4.13. The molecule has 0 aliphatic rings. The van der Waals surface area contributed by atoms with Gasteiger partial charge in [0.25, 0.3) is 0 Å². The summed E-state index contributed by atoms with van der Waals surface area (Å²) in [6.45, 7) is 2.80. The van der Waals surface area contributed by atoms with Crippen LogP contribution in [-0.4, -0.2) is 33.4 Å². The number of fused-ring (bicyclic) bond motifs is 1. The van der Waals surface area contributed by atoms with Crippen molar-refractivity contribution in [3.05, 3.63) is 17.7 Å². The van der Waals surface area contributed by atoms with E-state index in [2.05, 4.69) is 0 Å². The third-order valence-corrected chi connectivity index (χ3v) is 6.74. The van der Waals surface area contributed by atoms with Crippen LogP contribution >= 0.6 is 34.5 Å². The molecule has 0 bridgehead atoms. The Hall–Kier alpha value is -0.730. The van der Waals surface area contributed by atoms with E-state index in [4.69, 9.17) is 37.8 Å². The standard InChI is InChI=1S/C16H21Cl2NO4S2/c1-2-11-12-9-13(22-7-3-5-17)14(23-8-4-6-18)10-15(12)24-16(11)25(19,20)21/h9-10H,2-8H2,1H3,(H2,19,20,21). The van der Waals surface area contributed by atoms with E-state index in [9.17, 15) is 8.42 Å². The molecule has 5 nitrogen and oxygen atoms in total. The summed E-state index contributed by atoms with van der Waals surface area (Å²) >= 11 is 12.5. The number of aryl methyl sites for hydroxylation is 1. The maximum atomic E-state index is 11.9. The van der Waals surface area contributed by atoms with Crippen molar-refractivity contribution in [2.24, 2.45) is 5.14 Å². The quantitative estimate of drug-likeness (QED) is 0.458. The maximum Gasteiger partial charge on any atom is 0.247 e. The molecular formula is C16H21Cl2NO4S2. The van der Waals surface area contributed by atoms with Gasteiger partial charge in [0, 0.05) is 27.9 Å². The number of sulfonamides is 1. The topological polar surface area (TPSA) is 78.6 Å². The number of alkyl halides is 2. The molecule has 0 unspecified atom stereocenters. The van der Waals surface area contributed by atoms with E-state index in [1.54, 1.807) is 6.07 Å². The second-order valence-corrected chi connectivity index (χ2v) is 8.91. The number of nitrogens with two attached hydrogens (primary N) is 1. The van der Waals surface area contributed by atoms with Crippen LogP contribution in [0.5, 0.6) is 11.5 Å². The first kappa shape index (κ1) is 20.6. The number of rotatable bonds is 10. The van der Waals surface area contributed by atoms with E-state index >= 15 is 0 Å². The van der Waals surface area contributed by atoms with Crippen molar-refractivity contribution in [1.82, 2.24) is 0 Å². The third-order valence-electron chi connectivity index (χ3n) is 3.50. The predicted molar refractivity (Wildman–Crippen MR) is 104 cm³/mol. The van der Waals surface area contributed by atoms with Crippen molar-refractivity contribution in [3.63, 3.8) is 0 Å². The summed E-state index contributed by atoms with van der Waals surface area (Å²) in [4.78, 5) is 0. The summed E-state index contributed by atoms with van der Waals surface area (Å²) in [5.74, 6) is 2.13. The lowest BCUT2D eigenvalue weighted by atomic mass is 10.1. The van der Waals surface area contributed by atoms with Crippen molar-refractivity contribution < 1.29 is 17.9 Å².